The lowest BCUT2D eigenvalue weighted by molar-refractivity contribution is -0.311. The molecule has 3 heteroatoms. The van der Waals surface area contributed by atoms with E-state index in [1.165, 1.54) is 0 Å². The van der Waals surface area contributed by atoms with Gasteiger partial charge in [-0.15, -0.1) is 0 Å². The molecule has 0 heterocycles. The highest BCUT2D eigenvalue weighted by molar-refractivity contribution is 5.66. The van der Waals surface area contributed by atoms with E-state index in [9.17, 15) is 15.0 Å². The van der Waals surface area contributed by atoms with Crippen LogP contribution < -0.4 is 5.11 Å². The summed E-state index contributed by atoms with van der Waals surface area (Å²) < 4.78 is 0. The summed E-state index contributed by atoms with van der Waals surface area (Å²) in [7, 11) is 0. The fourth-order valence-electron chi connectivity index (χ4n) is 0.907. The van der Waals surface area contributed by atoms with Crippen molar-refractivity contribution in [3.05, 3.63) is 6.92 Å². The van der Waals surface area contributed by atoms with Crippen molar-refractivity contribution in [2.24, 2.45) is 5.92 Å². The molecule has 2 unspecified atom stereocenters. The monoisotopic (exact) mass is 172 g/mol. The summed E-state index contributed by atoms with van der Waals surface area (Å²) in [5, 5.41) is 19.5. The molecule has 0 aromatic rings. The molecule has 12 heavy (non-hydrogen) atoms. The molecule has 0 radical (unpaired) electrons. The average Bonchev–Trinajstić information content (AvgIpc) is 1.84. The Morgan fingerprint density at radius 2 is 2.25 bits per heavy atom. The normalized spacial score (nSPS) is 18.2. The molecule has 70 valence electrons. The van der Waals surface area contributed by atoms with Gasteiger partial charge in [0.2, 0.25) is 0 Å². The number of aliphatic carboxylic acids is 1. The number of carboxylic acid groups (broad SMARTS) is 1. The van der Waals surface area contributed by atoms with Crippen LogP contribution in [0.1, 0.15) is 33.1 Å². The minimum absolute atomic E-state index is 0.438. The molecule has 1 N–H and O–H groups in total. The molecule has 0 saturated heterocycles. The van der Waals surface area contributed by atoms with Gasteiger partial charge in [0.15, 0.2) is 5.60 Å². The summed E-state index contributed by atoms with van der Waals surface area (Å²) in [4.78, 5) is 10.3. The van der Waals surface area contributed by atoms with Crippen LogP contribution >= 0.6 is 0 Å². The van der Waals surface area contributed by atoms with Crippen LogP contribution in [-0.4, -0.2) is 16.7 Å². The van der Waals surface area contributed by atoms with Gasteiger partial charge in [0.05, 0.1) is 6.92 Å². The number of carboxylic acids is 1. The highest BCUT2D eigenvalue weighted by Crippen LogP contribution is 2.14. The first-order chi connectivity index (χ1) is 5.33. The van der Waals surface area contributed by atoms with E-state index >= 15 is 0 Å². The van der Waals surface area contributed by atoms with Crippen molar-refractivity contribution in [1.29, 1.82) is 0 Å². The first kappa shape index (κ1) is 11.3. The summed E-state index contributed by atoms with van der Waals surface area (Å²) in [6.07, 6.45) is 1.71. The highest BCUT2D eigenvalue weighted by atomic mass is 16.4. The number of hydrogen-bond donors (Lipinski definition) is 1. The van der Waals surface area contributed by atoms with Crippen LogP contribution in [0.2, 0.25) is 0 Å². The number of carbonyl (C=O) groups is 1. The first-order valence-corrected chi connectivity index (χ1v) is 4.11. The molecule has 3 nitrogen and oxygen atoms in total. The molecule has 0 bridgehead atoms. The Balaban J connectivity index is 3.51. The largest absolute Gasteiger partial charge is 0.550 e. The summed E-state index contributed by atoms with van der Waals surface area (Å²) >= 11 is 0. The van der Waals surface area contributed by atoms with Crippen LogP contribution in [0, 0.1) is 12.8 Å². The van der Waals surface area contributed by atoms with E-state index in [1.54, 1.807) is 13.8 Å². The van der Waals surface area contributed by atoms with Crippen LogP contribution in [-0.2, 0) is 4.79 Å². The number of carbonyl (C=O) groups excluding carboxylic acids is 1. The van der Waals surface area contributed by atoms with Crippen LogP contribution in [0.25, 0.3) is 0 Å². The lowest BCUT2D eigenvalue weighted by Gasteiger charge is -2.14. The van der Waals surface area contributed by atoms with Crippen molar-refractivity contribution in [3.63, 3.8) is 0 Å². The summed E-state index contributed by atoms with van der Waals surface area (Å²) in [5.41, 5.74) is -0.939. The highest BCUT2D eigenvalue weighted by Gasteiger charge is 2.20. The Morgan fingerprint density at radius 3 is 2.58 bits per heavy atom. The molecule has 0 aromatic heterocycles. The van der Waals surface area contributed by atoms with Gasteiger partial charge in [0.1, 0.15) is 0 Å². The molecule has 0 spiro atoms. The summed E-state index contributed by atoms with van der Waals surface area (Å²) in [6, 6.07) is 0. The van der Waals surface area contributed by atoms with Gasteiger partial charge in [-0.2, -0.15) is 0 Å². The van der Waals surface area contributed by atoms with E-state index in [1.807, 2.05) is 0 Å². The molecule has 0 aromatic carbocycles. The average molecular weight is 172 g/mol. The maximum absolute atomic E-state index is 10.3. The zero-order chi connectivity index (χ0) is 9.78. The van der Waals surface area contributed by atoms with Gasteiger partial charge in [-0.1, -0.05) is 6.92 Å². The van der Waals surface area contributed by atoms with Crippen molar-refractivity contribution in [3.8, 4) is 0 Å². The van der Waals surface area contributed by atoms with Gasteiger partial charge in [0.25, 0.3) is 0 Å². The van der Waals surface area contributed by atoms with Crippen molar-refractivity contribution < 1.29 is 15.0 Å². The number of aliphatic hydroxyl groups is 1. The third-order valence-corrected chi connectivity index (χ3v) is 1.75. The van der Waals surface area contributed by atoms with Gasteiger partial charge >= 0.3 is 0 Å². The van der Waals surface area contributed by atoms with E-state index in [4.69, 9.17) is 0 Å². The minimum atomic E-state index is -1.03. The maximum atomic E-state index is 10.3. The second-order valence-corrected chi connectivity index (χ2v) is 3.61. The van der Waals surface area contributed by atoms with Crippen LogP contribution in [0.3, 0.4) is 0 Å². The molecule has 0 aliphatic heterocycles. The zero-order valence-corrected chi connectivity index (χ0v) is 7.67. The number of hydrogen-bond acceptors (Lipinski definition) is 3. The molecule has 2 atom stereocenters. The lowest BCUT2D eigenvalue weighted by Crippen LogP contribution is -2.29. The minimum Gasteiger partial charge on any atom is -0.550 e. The predicted octanol–water partition coefficient (Wildman–Crippen LogP) is 0.128. The standard InChI is InChI=1S/C9H16O3/c1-7(8(10)11)5-4-6-9(2,3)12/h7,12H,2,4-6H2,1,3H3. The van der Waals surface area contributed by atoms with Gasteiger partial charge in [0, 0.05) is 19.3 Å². The second kappa shape index (κ2) is 4.36. The van der Waals surface area contributed by atoms with Gasteiger partial charge in [-0.05, 0) is 18.8 Å². The molecular weight excluding hydrogens is 156 g/mol. The molecule has 0 aliphatic carbocycles. The lowest BCUT2D eigenvalue weighted by atomic mass is 9.97. The molecular formula is C9H16O3. The zero-order valence-electron chi connectivity index (χ0n) is 7.67. The predicted molar refractivity (Wildman–Crippen MR) is 44.0 cm³/mol. The fourth-order valence-corrected chi connectivity index (χ4v) is 0.907. The van der Waals surface area contributed by atoms with E-state index in [-0.39, 0.29) is 0 Å². The summed E-state index contributed by atoms with van der Waals surface area (Å²) in [6.45, 7) is 6.72. The molecule has 0 saturated carbocycles. The topological polar surface area (TPSA) is 60.4 Å². The second-order valence-electron chi connectivity index (χ2n) is 3.61. The van der Waals surface area contributed by atoms with Gasteiger partial charge in [-0.25, -0.2) is 0 Å². The maximum Gasteiger partial charge on any atom is 0.199 e. The van der Waals surface area contributed by atoms with E-state index < -0.39 is 17.5 Å². The molecule has 0 aliphatic rings. The smallest absolute Gasteiger partial charge is 0.199 e. The van der Waals surface area contributed by atoms with Crippen LogP contribution in [0.5, 0.6) is 0 Å². The van der Waals surface area contributed by atoms with E-state index in [0.717, 1.165) is 0 Å². The number of rotatable bonds is 5. The fraction of sp³-hybridized carbons (Fsp3) is 0.778. The Hall–Kier alpha value is -0.700. The third kappa shape index (κ3) is 6.04. The quantitative estimate of drug-likeness (QED) is 0.599. The van der Waals surface area contributed by atoms with Crippen molar-refractivity contribution in [2.75, 3.05) is 0 Å². The van der Waals surface area contributed by atoms with E-state index in [0.29, 0.717) is 19.3 Å². The van der Waals surface area contributed by atoms with Crippen molar-refractivity contribution >= 4 is 5.97 Å². The van der Waals surface area contributed by atoms with Crippen LogP contribution in [0.4, 0.5) is 0 Å². The Kier molecular flexibility index (Phi) is 4.10. The Labute approximate surface area is 73.4 Å². The van der Waals surface area contributed by atoms with Gasteiger partial charge in [-0.3, -0.25) is 0 Å². The van der Waals surface area contributed by atoms with Crippen molar-refractivity contribution in [1.82, 2.24) is 0 Å². The third-order valence-electron chi connectivity index (χ3n) is 1.75. The van der Waals surface area contributed by atoms with Crippen LogP contribution in [0.15, 0.2) is 0 Å². The first-order valence-electron chi connectivity index (χ1n) is 4.11. The Morgan fingerprint density at radius 1 is 1.75 bits per heavy atom. The SMILES string of the molecule is [CH2+]C(C)(O)CCCC(C)C(=O)[O-]. The molecule has 0 rings (SSSR count). The summed E-state index contributed by atoms with van der Waals surface area (Å²) in [5.74, 6) is -1.47. The van der Waals surface area contributed by atoms with Crippen molar-refractivity contribution in [2.45, 2.75) is 38.7 Å². The van der Waals surface area contributed by atoms with E-state index in [2.05, 4.69) is 6.92 Å². The molecule has 0 amide bonds. The Bertz CT molecular complexity index is 146. The van der Waals surface area contributed by atoms with Gasteiger partial charge < -0.3 is 15.0 Å². The molecule has 0 fully saturated rings.